The zero-order valence-corrected chi connectivity index (χ0v) is 16.0. The summed E-state index contributed by atoms with van der Waals surface area (Å²) in [6.45, 7) is 0.966. The third-order valence-corrected chi connectivity index (χ3v) is 4.78. The number of hydrogen-bond acceptors (Lipinski definition) is 3. The molecule has 0 spiro atoms. The van der Waals surface area contributed by atoms with Crippen LogP contribution in [-0.4, -0.2) is 54.4 Å². The van der Waals surface area contributed by atoms with Crippen LogP contribution in [0.15, 0.2) is 48.5 Å². The number of hydrogen-bond donors (Lipinski definition) is 0. The molecule has 2 aromatic carbocycles. The van der Waals surface area contributed by atoms with Gasteiger partial charge in [0.25, 0.3) is 11.8 Å². The van der Waals surface area contributed by atoms with Gasteiger partial charge in [0.2, 0.25) is 0 Å². The molecular weight excluding hydrogens is 404 g/mol. The van der Waals surface area contributed by atoms with E-state index < -0.39 is 23.5 Å². The monoisotopic (exact) mass is 424 g/mol. The molecule has 5 nitrogen and oxygen atoms in total. The summed E-state index contributed by atoms with van der Waals surface area (Å²) in [4.78, 5) is 28.0. The third kappa shape index (κ3) is 5.28. The Hall–Kier alpha value is -3.10. The van der Waals surface area contributed by atoms with Crippen LogP contribution in [0.5, 0.6) is 5.75 Å². The molecule has 0 aliphatic carbocycles. The molecule has 0 N–H and O–H groups in total. The lowest BCUT2D eigenvalue weighted by Crippen LogP contribution is -2.39. The molecule has 1 saturated heterocycles. The molecule has 1 fully saturated rings. The predicted molar refractivity (Wildman–Crippen MR) is 100 cm³/mol. The fraction of sp³-hybridized carbons (Fsp3) is 0.333. The second kappa shape index (κ2) is 9.15. The quantitative estimate of drug-likeness (QED) is 0.705. The number of halogens is 4. The van der Waals surface area contributed by atoms with Gasteiger partial charge in [0, 0.05) is 26.2 Å². The number of benzene rings is 2. The predicted octanol–water partition coefficient (Wildman–Crippen LogP) is 3.60. The van der Waals surface area contributed by atoms with Crippen LogP contribution < -0.4 is 4.74 Å². The van der Waals surface area contributed by atoms with Crippen LogP contribution in [0.2, 0.25) is 0 Å². The number of rotatable bonds is 4. The van der Waals surface area contributed by atoms with Crippen molar-refractivity contribution in [2.75, 3.05) is 32.8 Å². The average Bonchev–Trinajstić information content (AvgIpc) is 2.98. The van der Waals surface area contributed by atoms with Gasteiger partial charge in [0.1, 0.15) is 11.6 Å². The van der Waals surface area contributed by atoms with Gasteiger partial charge in [-0.05, 0) is 42.8 Å². The maximum absolute atomic E-state index is 13.9. The van der Waals surface area contributed by atoms with Crippen LogP contribution in [0.4, 0.5) is 17.6 Å². The van der Waals surface area contributed by atoms with E-state index in [1.807, 2.05) is 0 Å². The number of ether oxygens (including phenoxy) is 1. The normalized spacial score (nSPS) is 14.9. The van der Waals surface area contributed by atoms with Crippen molar-refractivity contribution in [2.24, 2.45) is 0 Å². The van der Waals surface area contributed by atoms with Crippen molar-refractivity contribution in [2.45, 2.75) is 12.6 Å². The maximum atomic E-state index is 13.9. The zero-order valence-electron chi connectivity index (χ0n) is 16.0. The van der Waals surface area contributed by atoms with Gasteiger partial charge >= 0.3 is 6.18 Å². The molecule has 1 aliphatic rings. The Balaban J connectivity index is 1.53. The molecule has 0 atom stereocenters. The van der Waals surface area contributed by atoms with Crippen molar-refractivity contribution in [1.82, 2.24) is 9.80 Å². The number of amides is 2. The largest absolute Gasteiger partial charge is 0.484 e. The minimum atomic E-state index is -4.44. The first kappa shape index (κ1) is 21.6. The molecular formula is C21H20F4N2O3. The lowest BCUT2D eigenvalue weighted by molar-refractivity contribution is -0.137. The van der Waals surface area contributed by atoms with Crippen molar-refractivity contribution in [1.29, 1.82) is 0 Å². The second-order valence-electron chi connectivity index (χ2n) is 6.82. The molecule has 2 amide bonds. The van der Waals surface area contributed by atoms with Crippen LogP contribution in [0.1, 0.15) is 22.3 Å². The fourth-order valence-electron chi connectivity index (χ4n) is 3.15. The van der Waals surface area contributed by atoms with E-state index in [2.05, 4.69) is 0 Å². The van der Waals surface area contributed by atoms with E-state index in [9.17, 15) is 27.2 Å². The summed E-state index contributed by atoms with van der Waals surface area (Å²) in [6.07, 6.45) is -3.92. The van der Waals surface area contributed by atoms with Crippen LogP contribution in [0.3, 0.4) is 0 Å². The highest BCUT2D eigenvalue weighted by atomic mass is 19.4. The van der Waals surface area contributed by atoms with Gasteiger partial charge in [-0.25, -0.2) is 4.39 Å². The molecule has 0 aromatic heterocycles. The van der Waals surface area contributed by atoms with Crippen molar-refractivity contribution in [3.05, 3.63) is 65.5 Å². The van der Waals surface area contributed by atoms with Gasteiger partial charge in [-0.15, -0.1) is 0 Å². The van der Waals surface area contributed by atoms with Crippen molar-refractivity contribution < 1.29 is 31.9 Å². The first-order valence-corrected chi connectivity index (χ1v) is 9.37. The number of alkyl halides is 3. The minimum absolute atomic E-state index is 0.0112. The second-order valence-corrected chi connectivity index (χ2v) is 6.82. The minimum Gasteiger partial charge on any atom is -0.484 e. The topological polar surface area (TPSA) is 49.9 Å². The molecule has 0 saturated carbocycles. The van der Waals surface area contributed by atoms with E-state index in [4.69, 9.17) is 4.74 Å². The van der Waals surface area contributed by atoms with E-state index in [1.54, 1.807) is 6.07 Å². The summed E-state index contributed by atoms with van der Waals surface area (Å²) < 4.78 is 56.9. The Morgan fingerprint density at radius 3 is 2.20 bits per heavy atom. The number of carbonyl (C=O) groups excluding carboxylic acids is 2. The Labute approximate surface area is 170 Å². The molecule has 0 radical (unpaired) electrons. The maximum Gasteiger partial charge on any atom is 0.416 e. The zero-order chi connectivity index (χ0) is 21.7. The summed E-state index contributed by atoms with van der Waals surface area (Å²) in [5.74, 6) is -1.20. The molecule has 3 rings (SSSR count). The first-order chi connectivity index (χ1) is 14.3. The van der Waals surface area contributed by atoms with Crippen LogP contribution >= 0.6 is 0 Å². The van der Waals surface area contributed by atoms with Gasteiger partial charge in [0.15, 0.2) is 6.61 Å². The third-order valence-electron chi connectivity index (χ3n) is 4.78. The standard InChI is InChI=1S/C21H20F4N2O3/c22-18-5-2-1-4-17(18)20(29)27-11-3-10-26(12-13-27)19(28)14-30-16-8-6-15(7-9-16)21(23,24)25/h1-2,4-9H,3,10-14H2. The van der Waals surface area contributed by atoms with Gasteiger partial charge < -0.3 is 14.5 Å². The number of carbonyl (C=O) groups is 2. The van der Waals surface area contributed by atoms with Crippen molar-refractivity contribution >= 4 is 11.8 Å². The Bertz CT molecular complexity index is 900. The van der Waals surface area contributed by atoms with E-state index in [1.165, 1.54) is 28.0 Å². The van der Waals surface area contributed by atoms with Crippen LogP contribution in [0, 0.1) is 5.82 Å². The highest BCUT2D eigenvalue weighted by Crippen LogP contribution is 2.30. The summed E-state index contributed by atoms with van der Waals surface area (Å²) in [6, 6.07) is 9.83. The van der Waals surface area contributed by atoms with Crippen molar-refractivity contribution in [3.63, 3.8) is 0 Å². The SMILES string of the molecule is O=C(COc1ccc(C(F)(F)F)cc1)N1CCCN(C(=O)c2ccccc2F)CC1. The van der Waals surface area contributed by atoms with Gasteiger partial charge in [0.05, 0.1) is 11.1 Å². The summed E-state index contributed by atoms with van der Waals surface area (Å²) >= 11 is 0. The lowest BCUT2D eigenvalue weighted by atomic mass is 10.2. The van der Waals surface area contributed by atoms with Crippen LogP contribution in [0.25, 0.3) is 0 Å². The highest BCUT2D eigenvalue weighted by molar-refractivity contribution is 5.94. The molecule has 0 bridgehead atoms. The molecule has 160 valence electrons. The first-order valence-electron chi connectivity index (χ1n) is 9.37. The molecule has 30 heavy (non-hydrogen) atoms. The summed E-state index contributed by atoms with van der Waals surface area (Å²) in [5, 5.41) is 0. The van der Waals surface area contributed by atoms with E-state index in [0.29, 0.717) is 19.5 Å². The molecule has 1 heterocycles. The van der Waals surface area contributed by atoms with E-state index >= 15 is 0 Å². The molecule has 0 unspecified atom stereocenters. The van der Waals surface area contributed by atoms with E-state index in [0.717, 1.165) is 24.3 Å². The highest BCUT2D eigenvalue weighted by Gasteiger charge is 2.30. The summed E-state index contributed by atoms with van der Waals surface area (Å²) in [5.41, 5.74) is -0.809. The average molecular weight is 424 g/mol. The smallest absolute Gasteiger partial charge is 0.416 e. The molecule has 1 aliphatic heterocycles. The summed E-state index contributed by atoms with van der Waals surface area (Å²) in [7, 11) is 0. The Morgan fingerprint density at radius 1 is 0.900 bits per heavy atom. The fourth-order valence-corrected chi connectivity index (χ4v) is 3.15. The van der Waals surface area contributed by atoms with Gasteiger partial charge in [-0.1, -0.05) is 12.1 Å². The Kier molecular flexibility index (Phi) is 6.59. The van der Waals surface area contributed by atoms with Crippen molar-refractivity contribution in [3.8, 4) is 5.75 Å². The van der Waals surface area contributed by atoms with Gasteiger partial charge in [-0.3, -0.25) is 9.59 Å². The molecule has 2 aromatic rings. The Morgan fingerprint density at radius 2 is 1.53 bits per heavy atom. The molecule has 9 heteroatoms. The van der Waals surface area contributed by atoms with E-state index in [-0.39, 0.29) is 36.9 Å². The lowest BCUT2D eigenvalue weighted by Gasteiger charge is -2.22. The van der Waals surface area contributed by atoms with Crippen LogP contribution in [-0.2, 0) is 11.0 Å². The number of nitrogens with zero attached hydrogens (tertiary/aromatic N) is 2. The van der Waals surface area contributed by atoms with Gasteiger partial charge in [-0.2, -0.15) is 13.2 Å².